The van der Waals surface area contributed by atoms with Crippen molar-refractivity contribution < 1.29 is 9.53 Å². The first-order chi connectivity index (χ1) is 8.49. The van der Waals surface area contributed by atoms with Crippen LogP contribution in [0.3, 0.4) is 0 Å². The molecule has 0 aromatic carbocycles. The lowest BCUT2D eigenvalue weighted by molar-refractivity contribution is 0.0987. The molecule has 102 valence electrons. The van der Waals surface area contributed by atoms with Crippen LogP contribution >= 0.6 is 0 Å². The van der Waals surface area contributed by atoms with Crippen LogP contribution in [0.1, 0.15) is 41.6 Å². The van der Waals surface area contributed by atoms with E-state index in [4.69, 9.17) is 4.74 Å². The minimum absolute atomic E-state index is 0.145. The Labute approximate surface area is 109 Å². The predicted octanol–water partition coefficient (Wildman–Crippen LogP) is 2.10. The highest BCUT2D eigenvalue weighted by Gasteiger charge is 2.16. The van der Waals surface area contributed by atoms with Crippen LogP contribution in [0.15, 0.2) is 6.07 Å². The molecule has 0 saturated carbocycles. The van der Waals surface area contributed by atoms with Crippen LogP contribution in [0, 0.1) is 13.8 Å². The maximum atomic E-state index is 12.1. The second-order valence-corrected chi connectivity index (χ2v) is 4.84. The zero-order chi connectivity index (χ0) is 13.7. The summed E-state index contributed by atoms with van der Waals surface area (Å²) in [4.78, 5) is 12.1. The zero-order valence-corrected chi connectivity index (χ0v) is 12.0. The molecule has 0 amide bonds. The molecule has 0 bridgehead atoms. The highest BCUT2D eigenvalue weighted by Crippen LogP contribution is 2.20. The largest absolute Gasteiger partial charge is 0.383 e. The van der Waals surface area contributed by atoms with Crippen LogP contribution in [-0.2, 0) is 4.74 Å². The molecule has 1 rings (SSSR count). The molecular formula is C14H24N2O2. The lowest BCUT2D eigenvalue weighted by Crippen LogP contribution is -2.26. The van der Waals surface area contributed by atoms with E-state index in [0.29, 0.717) is 25.7 Å². The van der Waals surface area contributed by atoms with Gasteiger partial charge in [-0.1, -0.05) is 0 Å². The average Bonchev–Trinajstić information content (AvgIpc) is 2.60. The van der Waals surface area contributed by atoms with Crippen molar-refractivity contribution in [3.05, 3.63) is 23.0 Å². The lowest BCUT2D eigenvalue weighted by atomic mass is 10.1. The minimum atomic E-state index is 0.145. The number of aromatic nitrogens is 1. The Kier molecular flexibility index (Phi) is 5.56. The van der Waals surface area contributed by atoms with Crippen molar-refractivity contribution in [1.82, 2.24) is 9.88 Å². The molecule has 1 aromatic rings. The Morgan fingerprint density at radius 3 is 2.61 bits per heavy atom. The van der Waals surface area contributed by atoms with E-state index in [1.165, 1.54) is 0 Å². The van der Waals surface area contributed by atoms with Crippen molar-refractivity contribution in [2.45, 2.75) is 33.7 Å². The van der Waals surface area contributed by atoms with Crippen molar-refractivity contribution in [2.75, 3.05) is 26.8 Å². The Bertz CT molecular complexity index is 408. The number of nitrogens with one attached hydrogen (secondary N) is 1. The maximum absolute atomic E-state index is 12.1. The van der Waals surface area contributed by atoms with Gasteiger partial charge in [-0.3, -0.25) is 4.79 Å². The third-order valence-corrected chi connectivity index (χ3v) is 3.07. The van der Waals surface area contributed by atoms with E-state index >= 15 is 0 Å². The van der Waals surface area contributed by atoms with Crippen LogP contribution in [-0.4, -0.2) is 37.2 Å². The quantitative estimate of drug-likeness (QED) is 0.597. The van der Waals surface area contributed by atoms with Gasteiger partial charge in [-0.15, -0.1) is 0 Å². The molecule has 4 nitrogen and oxygen atoms in total. The molecule has 0 atom stereocenters. The highest BCUT2D eigenvalue weighted by atomic mass is 16.5. The molecule has 0 aliphatic carbocycles. The molecule has 0 unspecified atom stereocenters. The van der Waals surface area contributed by atoms with Gasteiger partial charge in [0.05, 0.1) is 13.2 Å². The van der Waals surface area contributed by atoms with Crippen LogP contribution < -0.4 is 5.32 Å². The summed E-state index contributed by atoms with van der Waals surface area (Å²) in [6.45, 7) is 10.0. The van der Waals surface area contributed by atoms with E-state index in [-0.39, 0.29) is 5.78 Å². The van der Waals surface area contributed by atoms with Gasteiger partial charge in [-0.05, 0) is 33.8 Å². The number of aryl methyl sites for hydroxylation is 1. The number of hydrogen-bond donors (Lipinski definition) is 1. The third kappa shape index (κ3) is 3.43. The van der Waals surface area contributed by atoms with Crippen LogP contribution in [0.2, 0.25) is 0 Å². The standard InChI is InChI=1S/C14H24N2O2/c1-10(2)16-11(3)8-13(12(16)4)14(17)9-15-6-7-18-5/h8,10,15H,6-7,9H2,1-5H3. The molecule has 0 spiro atoms. The van der Waals surface area contributed by atoms with Gasteiger partial charge in [-0.25, -0.2) is 0 Å². The maximum Gasteiger partial charge on any atom is 0.178 e. The second-order valence-electron chi connectivity index (χ2n) is 4.84. The Morgan fingerprint density at radius 2 is 2.11 bits per heavy atom. The Morgan fingerprint density at radius 1 is 1.44 bits per heavy atom. The number of carbonyl (C=O) groups excluding carboxylic acids is 1. The minimum Gasteiger partial charge on any atom is -0.383 e. The normalized spacial score (nSPS) is 11.2. The van der Waals surface area contributed by atoms with Gasteiger partial charge in [0, 0.05) is 36.6 Å². The Hall–Kier alpha value is -1.13. The van der Waals surface area contributed by atoms with Gasteiger partial charge in [0.1, 0.15) is 0 Å². The SMILES string of the molecule is COCCNCC(=O)c1cc(C)n(C(C)C)c1C. The number of ether oxygens (including phenoxy) is 1. The van der Waals surface area contributed by atoms with Gasteiger partial charge in [0.15, 0.2) is 5.78 Å². The smallest absolute Gasteiger partial charge is 0.178 e. The molecule has 1 heterocycles. The van der Waals surface area contributed by atoms with E-state index in [2.05, 4.69) is 23.7 Å². The number of methoxy groups -OCH3 is 1. The van der Waals surface area contributed by atoms with E-state index in [0.717, 1.165) is 17.0 Å². The van der Waals surface area contributed by atoms with Crippen molar-refractivity contribution >= 4 is 5.78 Å². The van der Waals surface area contributed by atoms with E-state index in [1.54, 1.807) is 7.11 Å². The molecule has 18 heavy (non-hydrogen) atoms. The summed E-state index contributed by atoms with van der Waals surface area (Å²) in [5.74, 6) is 0.145. The molecule has 0 radical (unpaired) electrons. The number of Topliss-reactive ketones (excluding diaryl/α,β-unsaturated/α-hetero) is 1. The number of rotatable bonds is 7. The van der Waals surface area contributed by atoms with E-state index in [1.807, 2.05) is 19.9 Å². The van der Waals surface area contributed by atoms with Gasteiger partial charge < -0.3 is 14.6 Å². The fourth-order valence-electron chi connectivity index (χ4n) is 2.33. The lowest BCUT2D eigenvalue weighted by Gasteiger charge is -2.13. The van der Waals surface area contributed by atoms with Gasteiger partial charge in [-0.2, -0.15) is 0 Å². The first-order valence-electron chi connectivity index (χ1n) is 6.40. The van der Waals surface area contributed by atoms with Crippen LogP contribution in [0.25, 0.3) is 0 Å². The fourth-order valence-corrected chi connectivity index (χ4v) is 2.33. The van der Waals surface area contributed by atoms with E-state index < -0.39 is 0 Å². The van der Waals surface area contributed by atoms with E-state index in [9.17, 15) is 4.79 Å². The molecule has 4 heteroatoms. The third-order valence-electron chi connectivity index (χ3n) is 3.07. The summed E-state index contributed by atoms with van der Waals surface area (Å²) < 4.78 is 7.13. The van der Waals surface area contributed by atoms with Crippen molar-refractivity contribution in [1.29, 1.82) is 0 Å². The highest BCUT2D eigenvalue weighted by molar-refractivity contribution is 5.99. The van der Waals surface area contributed by atoms with Crippen molar-refractivity contribution in [2.24, 2.45) is 0 Å². The molecule has 0 aliphatic heterocycles. The molecular weight excluding hydrogens is 228 g/mol. The summed E-state index contributed by atoms with van der Waals surface area (Å²) >= 11 is 0. The summed E-state index contributed by atoms with van der Waals surface area (Å²) in [6, 6.07) is 2.36. The molecule has 0 fully saturated rings. The summed E-state index contributed by atoms with van der Waals surface area (Å²) in [5.41, 5.74) is 3.02. The first-order valence-corrected chi connectivity index (χ1v) is 6.40. The number of carbonyl (C=O) groups is 1. The monoisotopic (exact) mass is 252 g/mol. The fraction of sp³-hybridized carbons (Fsp3) is 0.643. The first kappa shape index (κ1) is 14.9. The summed E-state index contributed by atoms with van der Waals surface area (Å²) in [5, 5.41) is 3.09. The Balaban J connectivity index is 2.72. The van der Waals surface area contributed by atoms with Crippen molar-refractivity contribution in [3.8, 4) is 0 Å². The molecule has 0 saturated heterocycles. The number of nitrogens with zero attached hydrogens (tertiary/aromatic N) is 1. The topological polar surface area (TPSA) is 43.3 Å². The average molecular weight is 252 g/mol. The zero-order valence-electron chi connectivity index (χ0n) is 12.0. The number of ketones is 1. The van der Waals surface area contributed by atoms with Crippen LogP contribution in [0.4, 0.5) is 0 Å². The molecule has 1 N–H and O–H groups in total. The van der Waals surface area contributed by atoms with Crippen molar-refractivity contribution in [3.63, 3.8) is 0 Å². The number of hydrogen-bond acceptors (Lipinski definition) is 3. The van der Waals surface area contributed by atoms with Gasteiger partial charge >= 0.3 is 0 Å². The van der Waals surface area contributed by atoms with Gasteiger partial charge in [0.25, 0.3) is 0 Å². The predicted molar refractivity (Wildman–Crippen MR) is 73.4 cm³/mol. The van der Waals surface area contributed by atoms with Gasteiger partial charge in [0.2, 0.25) is 0 Å². The molecule has 1 aromatic heterocycles. The second kappa shape index (κ2) is 6.71. The summed E-state index contributed by atoms with van der Waals surface area (Å²) in [7, 11) is 1.65. The van der Waals surface area contributed by atoms with Crippen LogP contribution in [0.5, 0.6) is 0 Å². The summed E-state index contributed by atoms with van der Waals surface area (Å²) in [6.07, 6.45) is 0. The molecule has 0 aliphatic rings.